The Morgan fingerprint density at radius 1 is 1.58 bits per heavy atom. The van der Waals surface area contributed by atoms with Crippen LogP contribution in [0.5, 0.6) is 0 Å². The SMILES string of the molecule is NC1=CC=CN([C@@H]2CCOC2)C1. The number of ether oxygens (including phenoxy) is 1. The van der Waals surface area contributed by atoms with E-state index < -0.39 is 0 Å². The molecule has 3 heteroatoms. The van der Waals surface area contributed by atoms with E-state index in [4.69, 9.17) is 10.5 Å². The second-order valence-corrected chi connectivity index (χ2v) is 3.27. The van der Waals surface area contributed by atoms with Gasteiger partial charge in [0.05, 0.1) is 19.2 Å². The van der Waals surface area contributed by atoms with Gasteiger partial charge < -0.3 is 15.4 Å². The van der Waals surface area contributed by atoms with E-state index >= 15 is 0 Å². The molecule has 1 fully saturated rings. The molecule has 12 heavy (non-hydrogen) atoms. The molecule has 0 aromatic heterocycles. The van der Waals surface area contributed by atoms with Gasteiger partial charge in [-0.05, 0) is 24.8 Å². The number of rotatable bonds is 1. The van der Waals surface area contributed by atoms with Crippen LogP contribution >= 0.6 is 0 Å². The molecular weight excluding hydrogens is 152 g/mol. The molecular formula is C9H14N2O. The molecule has 0 radical (unpaired) electrons. The molecule has 0 saturated carbocycles. The first-order valence-electron chi connectivity index (χ1n) is 4.32. The standard InChI is InChI=1S/C9H14N2O/c10-8-2-1-4-11(6-8)9-3-5-12-7-9/h1-2,4,9H,3,5-7,10H2/t9-/m1/s1. The molecule has 1 atom stereocenters. The zero-order chi connectivity index (χ0) is 8.39. The van der Waals surface area contributed by atoms with E-state index in [1.54, 1.807) is 0 Å². The average Bonchev–Trinajstić information content (AvgIpc) is 2.56. The van der Waals surface area contributed by atoms with Crippen LogP contribution in [-0.2, 0) is 4.74 Å². The molecule has 0 aromatic carbocycles. The van der Waals surface area contributed by atoms with Gasteiger partial charge in [0.2, 0.25) is 0 Å². The molecule has 2 rings (SSSR count). The fourth-order valence-electron chi connectivity index (χ4n) is 1.63. The van der Waals surface area contributed by atoms with Crippen molar-refractivity contribution in [2.45, 2.75) is 12.5 Å². The van der Waals surface area contributed by atoms with Gasteiger partial charge in [0.1, 0.15) is 0 Å². The number of nitrogens with two attached hydrogens (primary N) is 1. The summed E-state index contributed by atoms with van der Waals surface area (Å²) in [5.74, 6) is 0. The van der Waals surface area contributed by atoms with Crippen LogP contribution in [0, 0.1) is 0 Å². The minimum absolute atomic E-state index is 0.536. The third-order valence-corrected chi connectivity index (χ3v) is 2.33. The van der Waals surface area contributed by atoms with Crippen molar-refractivity contribution in [2.24, 2.45) is 5.73 Å². The molecule has 1 saturated heterocycles. The quantitative estimate of drug-likeness (QED) is 0.614. The molecule has 0 spiro atoms. The Bertz CT molecular complexity index is 217. The number of allylic oxidation sites excluding steroid dienone is 2. The first-order chi connectivity index (χ1) is 5.86. The minimum Gasteiger partial charge on any atom is -0.401 e. The zero-order valence-electron chi connectivity index (χ0n) is 7.07. The van der Waals surface area contributed by atoms with Crippen LogP contribution in [0.25, 0.3) is 0 Å². The Balaban J connectivity index is 1.97. The van der Waals surface area contributed by atoms with Crippen LogP contribution in [0.3, 0.4) is 0 Å². The van der Waals surface area contributed by atoms with Crippen molar-refractivity contribution in [1.29, 1.82) is 0 Å². The highest BCUT2D eigenvalue weighted by molar-refractivity contribution is 5.16. The topological polar surface area (TPSA) is 38.5 Å². The Morgan fingerprint density at radius 3 is 3.17 bits per heavy atom. The van der Waals surface area contributed by atoms with Crippen LogP contribution < -0.4 is 5.73 Å². The Morgan fingerprint density at radius 2 is 2.50 bits per heavy atom. The summed E-state index contributed by atoms with van der Waals surface area (Å²) in [5.41, 5.74) is 6.65. The van der Waals surface area contributed by atoms with E-state index in [0.29, 0.717) is 6.04 Å². The first kappa shape index (κ1) is 7.68. The summed E-state index contributed by atoms with van der Waals surface area (Å²) < 4.78 is 5.31. The van der Waals surface area contributed by atoms with Crippen molar-refractivity contribution in [3.8, 4) is 0 Å². The molecule has 2 heterocycles. The highest BCUT2D eigenvalue weighted by atomic mass is 16.5. The van der Waals surface area contributed by atoms with Gasteiger partial charge in [-0.2, -0.15) is 0 Å². The third-order valence-electron chi connectivity index (χ3n) is 2.33. The maximum Gasteiger partial charge on any atom is 0.0670 e. The highest BCUT2D eigenvalue weighted by Gasteiger charge is 2.21. The Labute approximate surface area is 72.5 Å². The van der Waals surface area contributed by atoms with Gasteiger partial charge in [0.15, 0.2) is 0 Å². The summed E-state index contributed by atoms with van der Waals surface area (Å²) in [7, 11) is 0. The molecule has 0 aliphatic carbocycles. The van der Waals surface area contributed by atoms with Crippen LogP contribution in [-0.4, -0.2) is 30.7 Å². The van der Waals surface area contributed by atoms with Crippen molar-refractivity contribution < 1.29 is 4.74 Å². The van der Waals surface area contributed by atoms with Crippen molar-refractivity contribution >= 4 is 0 Å². The van der Waals surface area contributed by atoms with Gasteiger partial charge >= 0.3 is 0 Å². The molecule has 0 aromatic rings. The van der Waals surface area contributed by atoms with Crippen molar-refractivity contribution in [3.05, 3.63) is 24.0 Å². The first-order valence-corrected chi connectivity index (χ1v) is 4.32. The molecule has 2 aliphatic rings. The largest absolute Gasteiger partial charge is 0.401 e. The Kier molecular flexibility index (Phi) is 2.04. The smallest absolute Gasteiger partial charge is 0.0670 e. The predicted octanol–water partition coefficient (Wildman–Crippen LogP) is 0.447. The minimum atomic E-state index is 0.536. The lowest BCUT2D eigenvalue weighted by Gasteiger charge is -2.28. The summed E-state index contributed by atoms with van der Waals surface area (Å²) in [6.07, 6.45) is 7.16. The molecule has 0 bridgehead atoms. The van der Waals surface area contributed by atoms with Crippen molar-refractivity contribution in [3.63, 3.8) is 0 Å². The van der Waals surface area contributed by atoms with E-state index in [1.165, 1.54) is 0 Å². The second kappa shape index (κ2) is 3.19. The number of hydrogen-bond donors (Lipinski definition) is 1. The maximum absolute atomic E-state index is 5.72. The fourth-order valence-corrected chi connectivity index (χ4v) is 1.63. The maximum atomic E-state index is 5.72. The van der Waals surface area contributed by atoms with Crippen LogP contribution in [0.4, 0.5) is 0 Å². The monoisotopic (exact) mass is 166 g/mol. The summed E-state index contributed by atoms with van der Waals surface area (Å²) in [4.78, 5) is 2.25. The van der Waals surface area contributed by atoms with Crippen molar-refractivity contribution in [2.75, 3.05) is 19.8 Å². The van der Waals surface area contributed by atoms with Crippen LogP contribution in [0.2, 0.25) is 0 Å². The summed E-state index contributed by atoms with van der Waals surface area (Å²) >= 11 is 0. The predicted molar refractivity (Wildman–Crippen MR) is 47.3 cm³/mol. The Hall–Kier alpha value is -0.960. The van der Waals surface area contributed by atoms with Gasteiger partial charge in [0.25, 0.3) is 0 Å². The highest BCUT2D eigenvalue weighted by Crippen LogP contribution is 2.15. The lowest BCUT2D eigenvalue weighted by atomic mass is 10.2. The number of hydrogen-bond acceptors (Lipinski definition) is 3. The average molecular weight is 166 g/mol. The van der Waals surface area contributed by atoms with Gasteiger partial charge in [-0.15, -0.1) is 0 Å². The van der Waals surface area contributed by atoms with Gasteiger partial charge in [-0.25, -0.2) is 0 Å². The molecule has 0 unspecified atom stereocenters. The second-order valence-electron chi connectivity index (χ2n) is 3.27. The van der Waals surface area contributed by atoms with Gasteiger partial charge in [-0.3, -0.25) is 0 Å². The van der Waals surface area contributed by atoms with Gasteiger partial charge in [-0.1, -0.05) is 0 Å². The van der Waals surface area contributed by atoms with E-state index in [0.717, 1.165) is 31.9 Å². The molecule has 2 N–H and O–H groups in total. The zero-order valence-corrected chi connectivity index (χ0v) is 7.07. The summed E-state index contributed by atoms with van der Waals surface area (Å²) in [5, 5.41) is 0. The summed E-state index contributed by atoms with van der Waals surface area (Å²) in [6, 6.07) is 0.536. The molecule has 2 aliphatic heterocycles. The van der Waals surface area contributed by atoms with Crippen LogP contribution in [0.15, 0.2) is 24.0 Å². The van der Waals surface area contributed by atoms with Gasteiger partial charge in [0, 0.05) is 12.3 Å². The van der Waals surface area contributed by atoms with E-state index in [9.17, 15) is 0 Å². The third kappa shape index (κ3) is 1.46. The van der Waals surface area contributed by atoms with E-state index in [1.807, 2.05) is 12.2 Å². The lowest BCUT2D eigenvalue weighted by molar-refractivity contribution is 0.170. The molecule has 66 valence electrons. The molecule has 3 nitrogen and oxygen atoms in total. The normalized spacial score (nSPS) is 29.2. The lowest BCUT2D eigenvalue weighted by Crippen LogP contribution is -2.35. The fraction of sp³-hybridized carbons (Fsp3) is 0.556. The van der Waals surface area contributed by atoms with E-state index in [-0.39, 0.29) is 0 Å². The molecule has 0 amide bonds. The number of nitrogens with zero attached hydrogens (tertiary/aromatic N) is 1. The summed E-state index contributed by atoms with van der Waals surface area (Å²) in [6.45, 7) is 2.58. The van der Waals surface area contributed by atoms with E-state index in [2.05, 4.69) is 11.1 Å². The van der Waals surface area contributed by atoms with Crippen LogP contribution in [0.1, 0.15) is 6.42 Å². The van der Waals surface area contributed by atoms with Crippen molar-refractivity contribution in [1.82, 2.24) is 4.90 Å².